The lowest BCUT2D eigenvalue weighted by Gasteiger charge is -2.28. The minimum atomic E-state index is -4.27. The van der Waals surface area contributed by atoms with E-state index in [1.54, 1.807) is 0 Å². The van der Waals surface area contributed by atoms with Crippen LogP contribution in [0.3, 0.4) is 0 Å². The minimum Gasteiger partial charge on any atom is -0.292 e. The first-order valence-electron chi connectivity index (χ1n) is 7.00. The maximum atomic E-state index is 12.5. The third kappa shape index (κ3) is 4.64. The fraction of sp³-hybridized carbons (Fsp3) is 0.412. The van der Waals surface area contributed by atoms with Crippen LogP contribution < -0.4 is 0 Å². The Labute approximate surface area is 123 Å². The predicted molar refractivity (Wildman–Crippen MR) is 78.5 cm³/mol. The summed E-state index contributed by atoms with van der Waals surface area (Å²) < 4.78 is 37.4. The number of piperidine rings is 1. The van der Waals surface area contributed by atoms with Crippen LogP contribution in [0.25, 0.3) is 6.08 Å². The van der Waals surface area contributed by atoms with E-state index in [1.165, 1.54) is 12.1 Å². The Balaban J connectivity index is 1.89. The molecule has 1 heterocycles. The van der Waals surface area contributed by atoms with E-state index >= 15 is 0 Å². The Bertz CT molecular complexity index is 514. The van der Waals surface area contributed by atoms with Crippen molar-refractivity contribution in [1.29, 1.82) is 0 Å². The van der Waals surface area contributed by atoms with Gasteiger partial charge in [-0.15, -0.1) is 6.42 Å². The summed E-state index contributed by atoms with van der Waals surface area (Å²) in [4.78, 5) is 2.24. The van der Waals surface area contributed by atoms with E-state index in [0.717, 1.165) is 43.6 Å². The molecule has 0 amide bonds. The van der Waals surface area contributed by atoms with E-state index in [9.17, 15) is 13.2 Å². The molecule has 2 rings (SSSR count). The zero-order valence-electron chi connectivity index (χ0n) is 11.7. The maximum absolute atomic E-state index is 12.5. The smallest absolute Gasteiger partial charge is 0.292 e. The van der Waals surface area contributed by atoms with Crippen LogP contribution in [0.5, 0.6) is 0 Å². The molecule has 1 aliphatic heterocycles. The molecule has 0 unspecified atom stereocenters. The molecule has 1 aromatic carbocycles. The molecule has 21 heavy (non-hydrogen) atoms. The summed E-state index contributed by atoms with van der Waals surface area (Å²) in [6.07, 6.45) is 7.09. The van der Waals surface area contributed by atoms with Gasteiger partial charge < -0.3 is 0 Å². The molecule has 0 bridgehead atoms. The highest BCUT2D eigenvalue weighted by Crippen LogP contribution is 2.29. The van der Waals surface area contributed by atoms with E-state index in [2.05, 4.69) is 16.9 Å². The first-order chi connectivity index (χ1) is 9.99. The van der Waals surface area contributed by atoms with Crippen LogP contribution in [0.1, 0.15) is 24.0 Å². The largest absolute Gasteiger partial charge is 0.416 e. The lowest BCUT2D eigenvalue weighted by atomic mass is 9.95. The molecule has 0 aliphatic carbocycles. The summed E-state index contributed by atoms with van der Waals surface area (Å²) in [6.45, 7) is 2.65. The number of nitrogens with zero attached hydrogens (tertiary/aromatic N) is 1. The van der Waals surface area contributed by atoms with Gasteiger partial charge in [0.2, 0.25) is 0 Å². The summed E-state index contributed by atoms with van der Waals surface area (Å²) in [5.41, 5.74) is 0.191. The number of alkyl halides is 3. The quantitative estimate of drug-likeness (QED) is 0.760. The van der Waals surface area contributed by atoms with Crippen LogP contribution in [0.4, 0.5) is 13.2 Å². The van der Waals surface area contributed by atoms with Crippen molar-refractivity contribution in [3.05, 3.63) is 41.5 Å². The number of likely N-dealkylation sites (tertiary alicyclic amines) is 1. The van der Waals surface area contributed by atoms with Gasteiger partial charge in [-0.05, 0) is 49.5 Å². The Morgan fingerprint density at radius 2 is 1.81 bits per heavy atom. The van der Waals surface area contributed by atoms with Gasteiger partial charge >= 0.3 is 6.18 Å². The Hall–Kier alpha value is -1.73. The van der Waals surface area contributed by atoms with Gasteiger partial charge in [0.25, 0.3) is 0 Å². The van der Waals surface area contributed by atoms with Crippen molar-refractivity contribution in [3.63, 3.8) is 0 Å². The lowest BCUT2D eigenvalue weighted by molar-refractivity contribution is -0.137. The average molecular weight is 293 g/mol. The van der Waals surface area contributed by atoms with Crippen molar-refractivity contribution in [1.82, 2.24) is 4.90 Å². The summed E-state index contributed by atoms with van der Waals surface area (Å²) >= 11 is 0. The van der Waals surface area contributed by atoms with Crippen LogP contribution in [0.2, 0.25) is 0 Å². The molecule has 0 aromatic heterocycles. The Morgan fingerprint density at radius 3 is 2.33 bits per heavy atom. The van der Waals surface area contributed by atoms with E-state index in [-0.39, 0.29) is 0 Å². The average Bonchev–Trinajstić information content (AvgIpc) is 2.46. The first kappa shape index (κ1) is 15.7. The zero-order valence-corrected chi connectivity index (χ0v) is 11.7. The third-order valence-electron chi connectivity index (χ3n) is 3.75. The zero-order chi connectivity index (χ0) is 15.3. The second-order valence-electron chi connectivity index (χ2n) is 5.30. The SMILES string of the molecule is C#CCN1CCC(/C=C/c2ccc(C(F)(F)F)cc2)CC1. The molecule has 1 aromatic rings. The second kappa shape index (κ2) is 6.82. The predicted octanol–water partition coefficient (Wildman–Crippen LogP) is 4.06. The molecule has 4 heteroatoms. The van der Waals surface area contributed by atoms with Crippen LogP contribution >= 0.6 is 0 Å². The van der Waals surface area contributed by atoms with Crippen molar-refractivity contribution in [2.24, 2.45) is 5.92 Å². The molecule has 0 atom stereocenters. The van der Waals surface area contributed by atoms with Gasteiger partial charge in [-0.3, -0.25) is 4.90 Å². The number of allylic oxidation sites excluding steroid dienone is 1. The number of benzene rings is 1. The number of rotatable bonds is 3. The van der Waals surface area contributed by atoms with Crippen molar-refractivity contribution >= 4 is 6.08 Å². The summed E-state index contributed by atoms with van der Waals surface area (Å²) in [5, 5.41) is 0. The van der Waals surface area contributed by atoms with Crippen molar-refractivity contribution in [2.75, 3.05) is 19.6 Å². The molecular formula is C17H18F3N. The molecule has 1 saturated heterocycles. The molecule has 1 fully saturated rings. The molecule has 1 aliphatic rings. The molecular weight excluding hydrogens is 275 g/mol. The van der Waals surface area contributed by atoms with Gasteiger partial charge in [-0.25, -0.2) is 0 Å². The van der Waals surface area contributed by atoms with Gasteiger partial charge in [-0.1, -0.05) is 30.2 Å². The van der Waals surface area contributed by atoms with Gasteiger partial charge in [0.1, 0.15) is 0 Å². The van der Waals surface area contributed by atoms with Gasteiger partial charge in [0.15, 0.2) is 0 Å². The fourth-order valence-corrected chi connectivity index (χ4v) is 2.46. The highest BCUT2D eigenvalue weighted by molar-refractivity contribution is 5.50. The highest BCUT2D eigenvalue weighted by atomic mass is 19.4. The number of halogens is 3. The van der Waals surface area contributed by atoms with Crippen molar-refractivity contribution < 1.29 is 13.2 Å². The molecule has 0 N–H and O–H groups in total. The van der Waals surface area contributed by atoms with E-state index < -0.39 is 11.7 Å². The molecule has 1 nitrogen and oxygen atoms in total. The maximum Gasteiger partial charge on any atom is 0.416 e. The van der Waals surface area contributed by atoms with Crippen molar-refractivity contribution in [2.45, 2.75) is 19.0 Å². The highest BCUT2D eigenvalue weighted by Gasteiger charge is 2.29. The molecule has 0 saturated carbocycles. The van der Waals surface area contributed by atoms with Crippen LogP contribution in [-0.4, -0.2) is 24.5 Å². The van der Waals surface area contributed by atoms with Crippen molar-refractivity contribution in [3.8, 4) is 12.3 Å². The summed E-state index contributed by atoms with van der Waals surface area (Å²) in [6, 6.07) is 5.25. The van der Waals surface area contributed by atoms with Crippen LogP contribution in [0.15, 0.2) is 30.3 Å². The molecule has 0 radical (unpaired) electrons. The Kier molecular flexibility index (Phi) is 5.08. The summed E-state index contributed by atoms with van der Waals surface area (Å²) in [5.74, 6) is 3.12. The minimum absolute atomic E-state index is 0.473. The third-order valence-corrected chi connectivity index (χ3v) is 3.75. The fourth-order valence-electron chi connectivity index (χ4n) is 2.46. The normalized spacial score (nSPS) is 18.0. The van der Waals surface area contributed by atoms with Gasteiger partial charge in [0, 0.05) is 0 Å². The second-order valence-corrected chi connectivity index (χ2v) is 5.30. The number of terminal acetylenes is 1. The number of hydrogen-bond donors (Lipinski definition) is 0. The lowest BCUT2D eigenvalue weighted by Crippen LogP contribution is -2.33. The summed E-state index contributed by atoms with van der Waals surface area (Å²) in [7, 11) is 0. The van der Waals surface area contributed by atoms with E-state index in [4.69, 9.17) is 6.42 Å². The van der Waals surface area contributed by atoms with E-state index in [1.807, 2.05) is 6.08 Å². The Morgan fingerprint density at radius 1 is 1.19 bits per heavy atom. The van der Waals surface area contributed by atoms with Crippen LogP contribution in [-0.2, 0) is 6.18 Å². The van der Waals surface area contributed by atoms with Gasteiger partial charge in [-0.2, -0.15) is 13.2 Å². The van der Waals surface area contributed by atoms with Gasteiger partial charge in [0.05, 0.1) is 12.1 Å². The topological polar surface area (TPSA) is 3.24 Å². The molecule has 112 valence electrons. The molecule has 0 spiro atoms. The van der Waals surface area contributed by atoms with Crippen LogP contribution in [0, 0.1) is 18.3 Å². The first-order valence-corrected chi connectivity index (χ1v) is 7.00. The number of hydrogen-bond acceptors (Lipinski definition) is 1. The standard InChI is InChI=1S/C17H18F3N/c1-2-11-21-12-9-15(10-13-21)4-3-14-5-7-16(8-6-14)17(18,19)20/h1,3-8,15H,9-13H2/b4-3+. The monoisotopic (exact) mass is 293 g/mol. The van der Waals surface area contributed by atoms with E-state index in [0.29, 0.717) is 12.5 Å².